The monoisotopic (exact) mass is 327 g/mol. The zero-order valence-corrected chi connectivity index (χ0v) is 11.1. The van der Waals surface area contributed by atoms with Gasteiger partial charge in [-0.1, -0.05) is 11.6 Å². The summed E-state index contributed by atoms with van der Waals surface area (Å²) in [7, 11) is 0. The van der Waals surface area contributed by atoms with Crippen LogP contribution >= 0.6 is 34.8 Å². The van der Waals surface area contributed by atoms with Crippen molar-refractivity contribution in [2.24, 2.45) is 0 Å². The number of alkyl halides is 3. The molecule has 0 aliphatic carbocycles. The van der Waals surface area contributed by atoms with Crippen LogP contribution in [0.15, 0.2) is 18.2 Å². The van der Waals surface area contributed by atoms with Crippen LogP contribution in [0.1, 0.15) is 5.56 Å². The highest BCUT2D eigenvalue weighted by atomic mass is 35.5. The summed E-state index contributed by atoms with van der Waals surface area (Å²) in [6, 6.07) is 3.22. The van der Waals surface area contributed by atoms with Gasteiger partial charge in [0.15, 0.2) is 5.82 Å². The SMILES string of the molecule is FC(F)(F)c1cc(Cl)ccc1-c1nc(Cl)nc(Cl)n1. The minimum Gasteiger partial charge on any atom is -0.198 e. The molecule has 1 aromatic carbocycles. The molecule has 0 saturated carbocycles. The highest BCUT2D eigenvalue weighted by Gasteiger charge is 2.34. The van der Waals surface area contributed by atoms with Crippen molar-refractivity contribution in [1.82, 2.24) is 15.0 Å². The van der Waals surface area contributed by atoms with Gasteiger partial charge in [-0.05, 0) is 41.4 Å². The largest absolute Gasteiger partial charge is 0.417 e. The Labute approximate surface area is 120 Å². The molecule has 0 amide bonds. The molecule has 9 heteroatoms. The van der Waals surface area contributed by atoms with E-state index in [1.54, 1.807) is 0 Å². The molecule has 0 radical (unpaired) electrons. The summed E-state index contributed by atoms with van der Waals surface area (Å²) < 4.78 is 38.8. The first-order valence-corrected chi connectivity index (χ1v) is 5.85. The Hall–Kier alpha value is -1.11. The molecule has 0 N–H and O–H groups in total. The summed E-state index contributed by atoms with van der Waals surface area (Å²) in [5.41, 5.74) is -1.25. The molecule has 1 aromatic heterocycles. The van der Waals surface area contributed by atoms with Gasteiger partial charge in [0.1, 0.15) is 0 Å². The van der Waals surface area contributed by atoms with Gasteiger partial charge >= 0.3 is 6.18 Å². The number of rotatable bonds is 1. The van der Waals surface area contributed by atoms with E-state index in [9.17, 15) is 13.2 Å². The molecular formula is C10H3Cl3F3N3. The predicted molar refractivity (Wildman–Crippen MR) is 65.3 cm³/mol. The molecular weight excluding hydrogens is 325 g/mol. The molecule has 0 aliphatic rings. The average Bonchev–Trinajstić information content (AvgIpc) is 2.26. The Morgan fingerprint density at radius 1 is 0.895 bits per heavy atom. The number of aromatic nitrogens is 3. The number of benzene rings is 1. The van der Waals surface area contributed by atoms with Gasteiger partial charge in [0.05, 0.1) is 5.56 Å². The maximum Gasteiger partial charge on any atom is 0.417 e. The maximum absolute atomic E-state index is 12.9. The Morgan fingerprint density at radius 2 is 1.47 bits per heavy atom. The van der Waals surface area contributed by atoms with E-state index in [2.05, 4.69) is 15.0 Å². The van der Waals surface area contributed by atoms with Crippen LogP contribution in [0.2, 0.25) is 15.6 Å². The van der Waals surface area contributed by atoms with E-state index >= 15 is 0 Å². The number of nitrogens with zero attached hydrogens (tertiary/aromatic N) is 3. The maximum atomic E-state index is 12.9. The Bertz CT molecular complexity index is 611. The molecule has 0 spiro atoms. The van der Waals surface area contributed by atoms with E-state index in [-0.39, 0.29) is 27.0 Å². The summed E-state index contributed by atoms with van der Waals surface area (Å²) in [4.78, 5) is 10.7. The molecule has 19 heavy (non-hydrogen) atoms. The summed E-state index contributed by atoms with van der Waals surface area (Å²) in [5, 5.41) is -0.640. The third-order valence-corrected chi connectivity index (χ3v) is 2.68. The van der Waals surface area contributed by atoms with E-state index in [0.717, 1.165) is 12.1 Å². The molecule has 0 unspecified atom stereocenters. The van der Waals surface area contributed by atoms with Crippen molar-refractivity contribution in [3.63, 3.8) is 0 Å². The van der Waals surface area contributed by atoms with Crippen molar-refractivity contribution >= 4 is 34.8 Å². The van der Waals surface area contributed by atoms with Crippen LogP contribution in [0, 0.1) is 0 Å². The van der Waals surface area contributed by atoms with E-state index in [4.69, 9.17) is 34.8 Å². The summed E-state index contributed by atoms with van der Waals surface area (Å²) in [6.07, 6.45) is -4.61. The Kier molecular flexibility index (Phi) is 3.85. The summed E-state index contributed by atoms with van der Waals surface area (Å²) in [6.45, 7) is 0. The standard InChI is InChI=1S/C10H3Cl3F3N3/c11-4-1-2-5(6(3-4)10(14,15)16)7-17-8(12)19-9(13)18-7/h1-3H. The lowest BCUT2D eigenvalue weighted by Crippen LogP contribution is -2.08. The van der Waals surface area contributed by atoms with Crippen LogP contribution in [-0.4, -0.2) is 15.0 Å². The fourth-order valence-electron chi connectivity index (χ4n) is 1.39. The molecule has 3 nitrogen and oxygen atoms in total. The van der Waals surface area contributed by atoms with Gasteiger partial charge in [0, 0.05) is 10.6 Å². The van der Waals surface area contributed by atoms with Crippen molar-refractivity contribution in [3.05, 3.63) is 39.4 Å². The van der Waals surface area contributed by atoms with Gasteiger partial charge in [-0.25, -0.2) is 0 Å². The number of halogens is 6. The third-order valence-electron chi connectivity index (χ3n) is 2.11. The smallest absolute Gasteiger partial charge is 0.198 e. The zero-order chi connectivity index (χ0) is 14.2. The second-order valence-corrected chi connectivity index (χ2v) is 4.50. The summed E-state index contributed by atoms with van der Waals surface area (Å²) >= 11 is 16.7. The Morgan fingerprint density at radius 3 is 2.00 bits per heavy atom. The highest BCUT2D eigenvalue weighted by molar-refractivity contribution is 6.31. The van der Waals surface area contributed by atoms with Gasteiger partial charge < -0.3 is 0 Å². The zero-order valence-electron chi connectivity index (χ0n) is 8.84. The molecule has 2 aromatic rings. The van der Waals surface area contributed by atoms with Gasteiger partial charge in [0.2, 0.25) is 10.6 Å². The van der Waals surface area contributed by atoms with Crippen LogP contribution < -0.4 is 0 Å². The topological polar surface area (TPSA) is 38.7 Å². The van der Waals surface area contributed by atoms with Gasteiger partial charge in [0.25, 0.3) is 0 Å². The van der Waals surface area contributed by atoms with Crippen LogP contribution in [0.5, 0.6) is 0 Å². The number of hydrogen-bond donors (Lipinski definition) is 0. The van der Waals surface area contributed by atoms with Gasteiger partial charge in [-0.2, -0.15) is 28.1 Å². The first-order chi connectivity index (χ1) is 8.77. The normalized spacial score (nSPS) is 11.7. The average molecular weight is 329 g/mol. The van der Waals surface area contributed by atoms with E-state index in [1.807, 2.05) is 0 Å². The molecule has 0 atom stereocenters. The minimum atomic E-state index is -4.61. The summed E-state index contributed by atoms with van der Waals surface area (Å²) in [5.74, 6) is -0.269. The molecule has 0 fully saturated rings. The van der Waals surface area contributed by atoms with E-state index in [0.29, 0.717) is 0 Å². The van der Waals surface area contributed by atoms with Gasteiger partial charge in [-0.3, -0.25) is 0 Å². The molecule has 100 valence electrons. The van der Waals surface area contributed by atoms with Gasteiger partial charge in [-0.15, -0.1) is 0 Å². The van der Waals surface area contributed by atoms with Crippen LogP contribution in [-0.2, 0) is 6.18 Å². The van der Waals surface area contributed by atoms with Crippen molar-refractivity contribution in [3.8, 4) is 11.4 Å². The molecule has 1 heterocycles. The molecule has 0 saturated heterocycles. The van der Waals surface area contributed by atoms with Crippen LogP contribution in [0.25, 0.3) is 11.4 Å². The predicted octanol–water partition coefficient (Wildman–Crippen LogP) is 4.52. The van der Waals surface area contributed by atoms with Crippen molar-refractivity contribution in [2.45, 2.75) is 6.18 Å². The lowest BCUT2D eigenvalue weighted by Gasteiger charge is -2.12. The Balaban J connectivity index is 2.68. The molecule has 0 aliphatic heterocycles. The third kappa shape index (κ3) is 3.26. The minimum absolute atomic E-state index is 0.0534. The van der Waals surface area contributed by atoms with Crippen molar-refractivity contribution in [2.75, 3.05) is 0 Å². The number of hydrogen-bond acceptors (Lipinski definition) is 3. The first kappa shape index (κ1) is 14.3. The lowest BCUT2D eigenvalue weighted by atomic mass is 10.1. The quantitative estimate of drug-likeness (QED) is 0.772. The van der Waals surface area contributed by atoms with Crippen molar-refractivity contribution in [1.29, 1.82) is 0 Å². The van der Waals surface area contributed by atoms with E-state index in [1.165, 1.54) is 6.07 Å². The first-order valence-electron chi connectivity index (χ1n) is 4.71. The second kappa shape index (κ2) is 5.11. The molecule has 0 bridgehead atoms. The molecule has 2 rings (SSSR count). The van der Waals surface area contributed by atoms with Crippen molar-refractivity contribution < 1.29 is 13.2 Å². The second-order valence-electron chi connectivity index (χ2n) is 3.38. The fourth-order valence-corrected chi connectivity index (χ4v) is 1.93. The van der Waals surface area contributed by atoms with Crippen LogP contribution in [0.3, 0.4) is 0 Å². The highest BCUT2D eigenvalue weighted by Crippen LogP contribution is 2.37. The fraction of sp³-hybridized carbons (Fsp3) is 0.100. The van der Waals surface area contributed by atoms with Crippen LogP contribution in [0.4, 0.5) is 13.2 Å². The van der Waals surface area contributed by atoms with E-state index < -0.39 is 11.7 Å². The lowest BCUT2D eigenvalue weighted by molar-refractivity contribution is -0.137.